The zero-order valence-corrected chi connectivity index (χ0v) is 16.4. The van der Waals surface area contributed by atoms with Crippen LogP contribution < -0.4 is 11.1 Å². The number of carbonyl (C=O) groups excluding carboxylic acids is 4. The number of amides is 3. The summed E-state index contributed by atoms with van der Waals surface area (Å²) < 4.78 is 0. The number of primary amides is 1. The second-order valence-electron chi connectivity index (χ2n) is 7.17. The number of nitrogens with zero attached hydrogens (tertiary/aromatic N) is 4. The van der Waals surface area contributed by atoms with Gasteiger partial charge in [0, 0.05) is 31.3 Å². The van der Waals surface area contributed by atoms with Gasteiger partial charge in [-0.15, -0.1) is 11.8 Å². The van der Waals surface area contributed by atoms with Gasteiger partial charge in [-0.3, -0.25) is 14.4 Å². The van der Waals surface area contributed by atoms with Crippen molar-refractivity contribution >= 4 is 41.9 Å². The van der Waals surface area contributed by atoms with Gasteiger partial charge in [0.15, 0.2) is 0 Å². The molecule has 3 aliphatic heterocycles. The van der Waals surface area contributed by atoms with E-state index < -0.39 is 29.9 Å². The van der Waals surface area contributed by atoms with Crippen molar-refractivity contribution in [1.82, 2.24) is 15.1 Å². The molecule has 0 radical (unpaired) electrons. The molecule has 0 saturated carbocycles. The van der Waals surface area contributed by atoms with Gasteiger partial charge >= 0.3 is 0 Å². The van der Waals surface area contributed by atoms with Crippen LogP contribution in [0.25, 0.3) is 0 Å². The number of likely N-dealkylation sites (tertiary alicyclic amines) is 1. The Morgan fingerprint density at radius 3 is 2.96 bits per heavy atom. The lowest BCUT2D eigenvalue weighted by molar-refractivity contribution is -0.138. The van der Waals surface area contributed by atoms with Crippen LogP contribution in [0.1, 0.15) is 26.2 Å². The molecule has 0 aromatic heterocycles. The van der Waals surface area contributed by atoms with Crippen LogP contribution >= 0.6 is 11.8 Å². The molecule has 3 aliphatic rings. The molecule has 0 spiro atoms. The number of nitrogens with one attached hydrogen (secondary N) is 1. The first-order valence-electron chi connectivity index (χ1n) is 9.30. The molecule has 3 heterocycles. The molecule has 3 N–H and O–H groups in total. The van der Waals surface area contributed by atoms with Gasteiger partial charge in [-0.25, -0.2) is 9.79 Å². The Hall–Kier alpha value is -2.23. The number of hydrogen-bond donors (Lipinski definition) is 2. The van der Waals surface area contributed by atoms with Crippen LogP contribution in [-0.4, -0.2) is 88.3 Å². The Balaban J connectivity index is 1.75. The Labute approximate surface area is 167 Å². The highest BCUT2D eigenvalue weighted by Gasteiger charge is 2.42. The molecule has 0 aliphatic carbocycles. The molecule has 0 aromatic rings. The third kappa shape index (κ3) is 4.26. The molecule has 10 nitrogen and oxygen atoms in total. The maximum Gasteiger partial charge on any atom is 0.269 e. The summed E-state index contributed by atoms with van der Waals surface area (Å²) in [6, 6.07) is -2.50. The first-order chi connectivity index (χ1) is 13.4. The van der Waals surface area contributed by atoms with Crippen molar-refractivity contribution in [3.63, 3.8) is 0 Å². The minimum absolute atomic E-state index is 0.000327. The summed E-state index contributed by atoms with van der Waals surface area (Å²) >= 11 is 1.72. The topological polar surface area (TPSA) is 138 Å². The zero-order valence-electron chi connectivity index (χ0n) is 15.6. The van der Waals surface area contributed by atoms with Gasteiger partial charge in [0.25, 0.3) is 5.91 Å². The van der Waals surface area contributed by atoms with Crippen molar-refractivity contribution in [2.24, 2.45) is 15.7 Å². The molecule has 3 unspecified atom stereocenters. The fourth-order valence-corrected chi connectivity index (χ4v) is 5.17. The monoisotopic (exact) mass is 408 g/mol. The van der Waals surface area contributed by atoms with Gasteiger partial charge in [0.05, 0.1) is 11.7 Å². The van der Waals surface area contributed by atoms with E-state index in [9.17, 15) is 19.2 Å². The van der Waals surface area contributed by atoms with Crippen molar-refractivity contribution in [1.29, 1.82) is 0 Å². The Morgan fingerprint density at radius 1 is 1.50 bits per heavy atom. The molecule has 0 bridgehead atoms. The van der Waals surface area contributed by atoms with Crippen molar-refractivity contribution in [3.8, 4) is 0 Å². The van der Waals surface area contributed by atoms with E-state index in [1.54, 1.807) is 11.8 Å². The van der Waals surface area contributed by atoms with E-state index in [0.717, 1.165) is 6.54 Å². The van der Waals surface area contributed by atoms with Gasteiger partial charge in [0.1, 0.15) is 18.1 Å². The zero-order chi connectivity index (χ0) is 20.3. The number of aliphatic imine (C=N–C) groups is 2. The highest BCUT2D eigenvalue weighted by atomic mass is 32.2. The summed E-state index contributed by atoms with van der Waals surface area (Å²) in [6.45, 7) is 4.02. The summed E-state index contributed by atoms with van der Waals surface area (Å²) in [5.74, 6) is -1.43. The lowest BCUT2D eigenvalue weighted by Crippen LogP contribution is -2.52. The van der Waals surface area contributed by atoms with E-state index in [1.807, 2.05) is 4.90 Å². The Kier molecular flexibility index (Phi) is 6.48. The van der Waals surface area contributed by atoms with Crippen molar-refractivity contribution < 1.29 is 19.2 Å². The van der Waals surface area contributed by atoms with E-state index >= 15 is 0 Å². The number of isocyanates is 1. The van der Waals surface area contributed by atoms with Crippen LogP contribution in [0.4, 0.5) is 0 Å². The largest absolute Gasteiger partial charge is 0.368 e. The molecule has 5 atom stereocenters. The quantitative estimate of drug-likeness (QED) is 0.418. The molecule has 2 saturated heterocycles. The number of hydrogen-bond acceptors (Lipinski definition) is 8. The summed E-state index contributed by atoms with van der Waals surface area (Å²) in [5, 5.41) is 3.67. The number of nitrogens with two attached hydrogens (primary N) is 1. The fraction of sp³-hybridized carbons (Fsp3) is 0.706. The maximum absolute atomic E-state index is 12.9. The minimum Gasteiger partial charge on any atom is -0.368 e. The van der Waals surface area contributed by atoms with E-state index in [-0.39, 0.29) is 17.7 Å². The van der Waals surface area contributed by atoms with Crippen LogP contribution in [0.5, 0.6) is 0 Å². The normalized spacial score (nSPS) is 31.0. The molecule has 2 fully saturated rings. The second kappa shape index (κ2) is 8.85. The average molecular weight is 408 g/mol. The molecule has 3 amide bonds. The van der Waals surface area contributed by atoms with Gasteiger partial charge in [-0.2, -0.15) is 4.99 Å². The van der Waals surface area contributed by atoms with Gasteiger partial charge in [-0.1, -0.05) is 6.92 Å². The Morgan fingerprint density at radius 2 is 2.29 bits per heavy atom. The van der Waals surface area contributed by atoms with Crippen LogP contribution in [0.3, 0.4) is 0 Å². The highest BCUT2D eigenvalue weighted by Crippen LogP contribution is 2.29. The summed E-state index contributed by atoms with van der Waals surface area (Å²) in [5.41, 5.74) is 5.39. The van der Waals surface area contributed by atoms with Crippen LogP contribution in [0, 0.1) is 0 Å². The highest BCUT2D eigenvalue weighted by molar-refractivity contribution is 8.00. The van der Waals surface area contributed by atoms with Crippen molar-refractivity contribution in [3.05, 3.63) is 0 Å². The molecular formula is C17H24N6O4S. The molecule has 152 valence electrons. The molecule has 0 aromatic carbocycles. The van der Waals surface area contributed by atoms with Crippen LogP contribution in [0.15, 0.2) is 9.98 Å². The summed E-state index contributed by atoms with van der Waals surface area (Å²) in [6.07, 6.45) is 4.06. The lowest BCUT2D eigenvalue weighted by atomic mass is 10.0. The molecule has 3 rings (SSSR count). The fourth-order valence-electron chi connectivity index (χ4n) is 3.87. The predicted molar refractivity (Wildman–Crippen MR) is 103 cm³/mol. The SMILES string of the molecule is CC1CNCC(N2C=NC(=O)C2C[C@H](N=C=O)C(=O)N2CCC[C@H]2C(N)=O)S1. The lowest BCUT2D eigenvalue weighted by Gasteiger charge is -2.37. The smallest absolute Gasteiger partial charge is 0.269 e. The van der Waals surface area contributed by atoms with Gasteiger partial charge in [-0.05, 0) is 12.8 Å². The van der Waals surface area contributed by atoms with E-state index in [0.29, 0.717) is 31.2 Å². The third-order valence-electron chi connectivity index (χ3n) is 5.24. The summed E-state index contributed by atoms with van der Waals surface area (Å²) in [7, 11) is 0. The van der Waals surface area contributed by atoms with Crippen LogP contribution in [-0.2, 0) is 19.2 Å². The van der Waals surface area contributed by atoms with Crippen LogP contribution in [0.2, 0.25) is 0 Å². The first-order valence-corrected chi connectivity index (χ1v) is 10.2. The molecular weight excluding hydrogens is 384 g/mol. The third-order valence-corrected chi connectivity index (χ3v) is 6.60. The summed E-state index contributed by atoms with van der Waals surface area (Å²) in [4.78, 5) is 58.6. The number of thioether (sulfide) groups is 1. The number of carbonyl (C=O) groups is 3. The van der Waals surface area contributed by atoms with E-state index in [1.165, 1.54) is 17.3 Å². The predicted octanol–water partition coefficient (Wildman–Crippen LogP) is -1.15. The van der Waals surface area contributed by atoms with Gasteiger partial charge < -0.3 is 20.9 Å². The second-order valence-corrected chi connectivity index (χ2v) is 8.79. The van der Waals surface area contributed by atoms with Gasteiger partial charge in [0.2, 0.25) is 17.9 Å². The first kappa shape index (κ1) is 20.5. The standard InChI is InChI=1S/C17H24N6O4S/c1-10-6-19-7-14(28-10)23-8-20-16(26)13(23)5-11(21-9-24)17(27)22-4-2-3-12(22)15(18)25/h8,10-14,19H,2-7H2,1H3,(H2,18,25)/t10?,11-,12-,13?,14?/m0/s1. The van der Waals surface area contributed by atoms with Crippen molar-refractivity contribution in [2.45, 2.75) is 54.9 Å². The number of rotatable bonds is 6. The minimum atomic E-state index is -1.10. The molecule has 28 heavy (non-hydrogen) atoms. The molecule has 11 heteroatoms. The van der Waals surface area contributed by atoms with Crippen molar-refractivity contribution in [2.75, 3.05) is 19.6 Å². The average Bonchev–Trinajstić information content (AvgIpc) is 3.28. The van der Waals surface area contributed by atoms with E-state index in [2.05, 4.69) is 22.2 Å². The maximum atomic E-state index is 12.9. The Bertz CT molecular complexity index is 724. The van der Waals surface area contributed by atoms with E-state index in [4.69, 9.17) is 5.73 Å².